The van der Waals surface area contributed by atoms with E-state index in [0.29, 0.717) is 19.0 Å². The molecule has 5 heterocycles. The molecule has 3 N–H and O–H groups in total. The van der Waals surface area contributed by atoms with Gasteiger partial charge in [0.15, 0.2) is 5.82 Å². The summed E-state index contributed by atoms with van der Waals surface area (Å²) in [6.07, 6.45) is 3.35. The van der Waals surface area contributed by atoms with Gasteiger partial charge in [-0.25, -0.2) is 19.9 Å². The molecule has 170 valence electrons. The fourth-order valence-electron chi connectivity index (χ4n) is 4.17. The number of hydrogen-bond acceptors (Lipinski definition) is 11. The lowest BCUT2D eigenvalue weighted by Crippen LogP contribution is -2.46. The fraction of sp³-hybridized carbons (Fsp3) is 0.524. The molecule has 0 saturated carbocycles. The molecular formula is C21H28N8O2S. The predicted molar refractivity (Wildman–Crippen MR) is 125 cm³/mol. The Morgan fingerprint density at radius 1 is 1.00 bits per heavy atom. The highest BCUT2D eigenvalue weighted by Gasteiger charge is 2.22. The van der Waals surface area contributed by atoms with E-state index < -0.39 is 0 Å². The number of aliphatic hydroxyl groups is 1. The zero-order chi connectivity index (χ0) is 21.9. The summed E-state index contributed by atoms with van der Waals surface area (Å²) < 4.78 is 5.55. The summed E-state index contributed by atoms with van der Waals surface area (Å²) in [4.78, 5) is 27.3. The minimum Gasteiger partial charge on any atom is -0.395 e. The number of β-amino-alcohol motifs (C(OH)–C–C–N with tert-alkyl or cyclic N) is 1. The number of morpholine rings is 1. The van der Waals surface area contributed by atoms with Gasteiger partial charge >= 0.3 is 0 Å². The molecule has 2 fully saturated rings. The summed E-state index contributed by atoms with van der Waals surface area (Å²) in [5, 5.41) is 10.2. The number of hydrogen-bond donors (Lipinski definition) is 2. The third-order valence-corrected chi connectivity index (χ3v) is 6.94. The van der Waals surface area contributed by atoms with Gasteiger partial charge in [-0.3, -0.25) is 9.80 Å². The maximum absolute atomic E-state index is 9.16. The third kappa shape index (κ3) is 4.66. The average Bonchev–Trinajstić information content (AvgIpc) is 3.23. The van der Waals surface area contributed by atoms with Crippen molar-refractivity contribution in [2.24, 2.45) is 0 Å². The molecule has 11 heteroatoms. The van der Waals surface area contributed by atoms with E-state index in [4.69, 9.17) is 25.5 Å². The van der Waals surface area contributed by atoms with Crippen LogP contribution >= 0.6 is 11.3 Å². The van der Waals surface area contributed by atoms with E-state index in [0.717, 1.165) is 74.0 Å². The maximum Gasteiger partial charge on any atom is 0.219 e. The molecule has 2 aliphatic rings. The number of nitrogens with two attached hydrogens (primary N) is 1. The van der Waals surface area contributed by atoms with Crippen LogP contribution in [0.4, 0.5) is 11.8 Å². The molecular weight excluding hydrogens is 428 g/mol. The molecule has 3 aromatic heterocycles. The molecule has 0 aromatic carbocycles. The van der Waals surface area contributed by atoms with E-state index in [-0.39, 0.29) is 12.6 Å². The molecule has 0 spiro atoms. The van der Waals surface area contributed by atoms with E-state index >= 15 is 0 Å². The summed E-state index contributed by atoms with van der Waals surface area (Å²) >= 11 is 1.72. The van der Waals surface area contributed by atoms with Crippen molar-refractivity contribution < 1.29 is 9.84 Å². The Balaban J connectivity index is 1.44. The number of fused-ring (bicyclic) bond motifs is 1. The van der Waals surface area contributed by atoms with Crippen LogP contribution < -0.4 is 10.6 Å². The molecule has 0 unspecified atom stereocenters. The largest absolute Gasteiger partial charge is 0.395 e. The van der Waals surface area contributed by atoms with Crippen LogP contribution in [-0.4, -0.2) is 100 Å². The van der Waals surface area contributed by atoms with Crippen molar-refractivity contribution in [1.29, 1.82) is 0 Å². The van der Waals surface area contributed by atoms with Gasteiger partial charge in [0.1, 0.15) is 10.6 Å². The maximum atomic E-state index is 9.16. The second kappa shape index (κ2) is 9.59. The molecule has 3 aromatic rings. The van der Waals surface area contributed by atoms with E-state index in [1.165, 1.54) is 4.88 Å². The van der Waals surface area contributed by atoms with Gasteiger partial charge in [0.2, 0.25) is 5.95 Å². The van der Waals surface area contributed by atoms with Crippen LogP contribution in [0.3, 0.4) is 0 Å². The first-order valence-corrected chi connectivity index (χ1v) is 11.8. The van der Waals surface area contributed by atoms with Crippen LogP contribution in [-0.2, 0) is 11.3 Å². The first-order chi connectivity index (χ1) is 15.7. The third-order valence-electron chi connectivity index (χ3n) is 5.92. The number of thiophene rings is 1. The molecule has 10 nitrogen and oxygen atoms in total. The highest BCUT2D eigenvalue weighted by atomic mass is 32.1. The number of ether oxygens (including phenoxy) is 1. The number of nitrogen functional groups attached to an aromatic ring is 1. The lowest BCUT2D eigenvalue weighted by atomic mass is 10.2. The second-order valence-corrected chi connectivity index (χ2v) is 9.19. The first kappa shape index (κ1) is 21.4. The number of anilines is 2. The van der Waals surface area contributed by atoms with Crippen molar-refractivity contribution in [3.63, 3.8) is 0 Å². The number of rotatable bonds is 6. The molecule has 32 heavy (non-hydrogen) atoms. The highest BCUT2D eigenvalue weighted by Crippen LogP contribution is 2.34. The quantitative estimate of drug-likeness (QED) is 0.548. The zero-order valence-electron chi connectivity index (χ0n) is 18.0. The standard InChI is InChI=1S/C21H28N8O2S/c22-21-23-12-15(13-24-21)18-25-19(29-6-9-31-10-7-29)17-11-16(32-20(17)26-18)14-28-3-1-27(2-4-28)5-8-30/h11-13,30H,1-10,14H2,(H2,22,23,24). The topological polar surface area (TPSA) is 117 Å². The molecule has 0 amide bonds. The Hall–Kier alpha value is -2.44. The van der Waals surface area contributed by atoms with Crippen molar-refractivity contribution in [2.45, 2.75) is 6.54 Å². The minimum absolute atomic E-state index is 0.223. The van der Waals surface area contributed by atoms with Crippen molar-refractivity contribution in [2.75, 3.05) is 76.3 Å². The van der Waals surface area contributed by atoms with Gasteiger partial charge in [-0.05, 0) is 6.07 Å². The summed E-state index contributed by atoms with van der Waals surface area (Å²) in [7, 11) is 0. The molecule has 0 atom stereocenters. The summed E-state index contributed by atoms with van der Waals surface area (Å²) in [5.41, 5.74) is 6.41. The smallest absolute Gasteiger partial charge is 0.219 e. The SMILES string of the molecule is Nc1ncc(-c2nc(N3CCOCC3)c3cc(CN4CCN(CCO)CC4)sc3n2)cn1. The summed E-state index contributed by atoms with van der Waals surface area (Å²) in [5.74, 6) is 1.80. The summed E-state index contributed by atoms with van der Waals surface area (Å²) in [6, 6.07) is 2.24. The molecule has 0 bridgehead atoms. The molecule has 2 saturated heterocycles. The predicted octanol–water partition coefficient (Wildman–Crippen LogP) is 0.677. The van der Waals surface area contributed by atoms with Crippen LogP contribution in [0.2, 0.25) is 0 Å². The summed E-state index contributed by atoms with van der Waals surface area (Å²) in [6.45, 7) is 8.88. The number of aliphatic hydroxyl groups excluding tert-OH is 1. The van der Waals surface area contributed by atoms with E-state index in [1.807, 2.05) is 0 Å². The van der Waals surface area contributed by atoms with Gasteiger partial charge in [0, 0.05) is 69.6 Å². The second-order valence-electron chi connectivity index (χ2n) is 8.07. The normalized spacial score (nSPS) is 18.5. The Kier molecular flexibility index (Phi) is 6.42. The van der Waals surface area contributed by atoms with Crippen LogP contribution in [0.25, 0.3) is 21.6 Å². The molecule has 0 aliphatic carbocycles. The Morgan fingerprint density at radius 3 is 2.44 bits per heavy atom. The Morgan fingerprint density at radius 2 is 1.72 bits per heavy atom. The van der Waals surface area contributed by atoms with Crippen LogP contribution in [0.5, 0.6) is 0 Å². The molecule has 5 rings (SSSR count). The number of piperazine rings is 1. The number of aromatic nitrogens is 4. The van der Waals surface area contributed by atoms with Crippen molar-refractivity contribution >= 4 is 33.3 Å². The Bertz CT molecular complexity index is 1050. The van der Waals surface area contributed by atoms with Gasteiger partial charge in [0.05, 0.1) is 30.8 Å². The lowest BCUT2D eigenvalue weighted by molar-refractivity contribution is 0.109. The van der Waals surface area contributed by atoms with Crippen molar-refractivity contribution in [1.82, 2.24) is 29.7 Å². The van der Waals surface area contributed by atoms with Crippen LogP contribution in [0, 0.1) is 0 Å². The van der Waals surface area contributed by atoms with E-state index in [1.54, 1.807) is 23.7 Å². The van der Waals surface area contributed by atoms with Crippen molar-refractivity contribution in [3.05, 3.63) is 23.3 Å². The average molecular weight is 457 g/mol. The minimum atomic E-state index is 0.223. The lowest BCUT2D eigenvalue weighted by Gasteiger charge is -2.34. The molecule has 2 aliphatic heterocycles. The zero-order valence-corrected chi connectivity index (χ0v) is 18.8. The van der Waals surface area contributed by atoms with Crippen LogP contribution in [0.1, 0.15) is 4.88 Å². The van der Waals surface area contributed by atoms with E-state index in [2.05, 4.69) is 30.7 Å². The molecule has 0 radical (unpaired) electrons. The van der Waals surface area contributed by atoms with Crippen LogP contribution in [0.15, 0.2) is 18.5 Å². The van der Waals surface area contributed by atoms with Gasteiger partial charge in [-0.2, -0.15) is 0 Å². The van der Waals surface area contributed by atoms with Crippen molar-refractivity contribution in [3.8, 4) is 11.4 Å². The fourth-order valence-corrected chi connectivity index (χ4v) is 5.23. The van der Waals surface area contributed by atoms with Gasteiger partial charge in [-0.15, -0.1) is 11.3 Å². The highest BCUT2D eigenvalue weighted by molar-refractivity contribution is 7.18. The number of nitrogens with zero attached hydrogens (tertiary/aromatic N) is 7. The van der Waals surface area contributed by atoms with E-state index in [9.17, 15) is 0 Å². The van der Waals surface area contributed by atoms with Gasteiger partial charge in [0.25, 0.3) is 0 Å². The Labute approximate surface area is 190 Å². The monoisotopic (exact) mass is 456 g/mol. The first-order valence-electron chi connectivity index (χ1n) is 11.0. The van der Waals surface area contributed by atoms with Gasteiger partial charge < -0.3 is 20.5 Å². The van der Waals surface area contributed by atoms with Gasteiger partial charge in [-0.1, -0.05) is 0 Å².